The van der Waals surface area contributed by atoms with Crippen molar-refractivity contribution in [3.63, 3.8) is 0 Å². The van der Waals surface area contributed by atoms with E-state index in [2.05, 4.69) is 24.1 Å². The van der Waals surface area contributed by atoms with Crippen molar-refractivity contribution < 1.29 is 4.74 Å². The van der Waals surface area contributed by atoms with Gasteiger partial charge in [-0.15, -0.1) is 0 Å². The molecule has 0 aromatic carbocycles. The van der Waals surface area contributed by atoms with Gasteiger partial charge in [-0.05, 0) is 38.3 Å². The molecule has 1 heterocycles. The largest absolute Gasteiger partial charge is 0.384 e. The smallest absolute Gasteiger partial charge is 0.0500 e. The van der Waals surface area contributed by atoms with Gasteiger partial charge in [-0.2, -0.15) is 0 Å². The minimum Gasteiger partial charge on any atom is -0.384 e. The van der Waals surface area contributed by atoms with Crippen molar-refractivity contribution in [1.82, 2.24) is 10.2 Å². The van der Waals surface area contributed by atoms with Crippen molar-refractivity contribution in [2.45, 2.75) is 45.6 Å². The molecule has 102 valence electrons. The first kappa shape index (κ1) is 14.9. The van der Waals surface area contributed by atoms with Crippen LogP contribution in [0, 0.1) is 5.92 Å². The molecule has 3 nitrogen and oxygen atoms in total. The van der Waals surface area contributed by atoms with Crippen molar-refractivity contribution in [3.05, 3.63) is 0 Å². The molecular weight excluding hydrogens is 212 g/mol. The van der Waals surface area contributed by atoms with E-state index in [1.54, 1.807) is 7.11 Å². The molecule has 1 aliphatic rings. The maximum absolute atomic E-state index is 5.24. The second-order valence-corrected chi connectivity index (χ2v) is 5.47. The molecular formula is C14H30N2O. The van der Waals surface area contributed by atoms with Gasteiger partial charge in [0.2, 0.25) is 0 Å². The van der Waals surface area contributed by atoms with Crippen LogP contribution in [-0.2, 0) is 4.74 Å². The summed E-state index contributed by atoms with van der Waals surface area (Å²) in [4.78, 5) is 2.62. The highest BCUT2D eigenvalue weighted by Gasteiger charge is 2.18. The second-order valence-electron chi connectivity index (χ2n) is 5.47. The van der Waals surface area contributed by atoms with E-state index in [1.807, 2.05) is 0 Å². The fourth-order valence-corrected chi connectivity index (χ4v) is 2.64. The molecule has 0 saturated carbocycles. The van der Waals surface area contributed by atoms with Crippen LogP contribution in [0.25, 0.3) is 0 Å². The quantitative estimate of drug-likeness (QED) is 0.670. The molecule has 1 fully saturated rings. The lowest BCUT2D eigenvalue weighted by Gasteiger charge is -2.28. The van der Waals surface area contributed by atoms with Crippen LogP contribution >= 0.6 is 0 Å². The molecule has 0 spiro atoms. The van der Waals surface area contributed by atoms with Crippen molar-refractivity contribution in [2.75, 3.05) is 39.9 Å². The molecule has 1 aliphatic heterocycles. The summed E-state index contributed by atoms with van der Waals surface area (Å²) in [5, 5.41) is 3.60. The molecule has 1 rings (SSSR count). The maximum Gasteiger partial charge on any atom is 0.0500 e. The number of nitrogens with one attached hydrogen (secondary N) is 1. The first-order valence-electron chi connectivity index (χ1n) is 7.21. The number of rotatable bonds is 9. The predicted octanol–water partition coefficient (Wildman–Crippen LogP) is 2.12. The molecule has 3 heteroatoms. The van der Waals surface area contributed by atoms with Gasteiger partial charge in [0, 0.05) is 32.8 Å². The molecule has 0 amide bonds. The monoisotopic (exact) mass is 242 g/mol. The van der Waals surface area contributed by atoms with E-state index in [4.69, 9.17) is 4.74 Å². The number of hydrogen-bond donors (Lipinski definition) is 1. The van der Waals surface area contributed by atoms with E-state index in [1.165, 1.54) is 51.9 Å². The standard InChI is InChI=1S/C14H30N2O/c1-4-5-9-16(10-13(2)12-17-3)11-14-7-6-8-15-14/h13-15H,4-12H2,1-3H3. The number of unbranched alkanes of at least 4 members (excludes halogenated alkanes) is 1. The van der Waals surface area contributed by atoms with E-state index >= 15 is 0 Å². The van der Waals surface area contributed by atoms with Crippen molar-refractivity contribution >= 4 is 0 Å². The van der Waals surface area contributed by atoms with E-state index in [9.17, 15) is 0 Å². The van der Waals surface area contributed by atoms with Gasteiger partial charge >= 0.3 is 0 Å². The Bertz CT molecular complexity index is 181. The highest BCUT2D eigenvalue weighted by atomic mass is 16.5. The Labute approximate surface area is 107 Å². The third-order valence-corrected chi connectivity index (χ3v) is 3.49. The average molecular weight is 242 g/mol. The molecule has 0 bridgehead atoms. The Morgan fingerprint density at radius 2 is 2.29 bits per heavy atom. The van der Waals surface area contributed by atoms with E-state index in [0.29, 0.717) is 5.92 Å². The minimum atomic E-state index is 0.637. The van der Waals surface area contributed by atoms with Gasteiger partial charge in [-0.1, -0.05) is 20.3 Å². The Morgan fingerprint density at radius 3 is 2.88 bits per heavy atom. The summed E-state index contributed by atoms with van der Waals surface area (Å²) in [5.74, 6) is 0.637. The third kappa shape index (κ3) is 6.39. The molecule has 2 atom stereocenters. The van der Waals surface area contributed by atoms with Crippen LogP contribution in [0.3, 0.4) is 0 Å². The Hall–Kier alpha value is -0.120. The van der Waals surface area contributed by atoms with Gasteiger partial charge in [-0.25, -0.2) is 0 Å². The van der Waals surface area contributed by atoms with Gasteiger partial charge in [-0.3, -0.25) is 0 Å². The highest BCUT2D eigenvalue weighted by molar-refractivity contribution is 4.78. The lowest BCUT2D eigenvalue weighted by atomic mass is 10.1. The summed E-state index contributed by atoms with van der Waals surface area (Å²) in [6.07, 6.45) is 5.29. The van der Waals surface area contributed by atoms with Gasteiger partial charge in [0.05, 0.1) is 0 Å². The number of nitrogens with zero attached hydrogens (tertiary/aromatic N) is 1. The van der Waals surface area contributed by atoms with Crippen LogP contribution in [0.4, 0.5) is 0 Å². The number of methoxy groups -OCH3 is 1. The summed E-state index contributed by atoms with van der Waals surface area (Å²) in [6.45, 7) is 10.3. The molecule has 0 aromatic heterocycles. The fourth-order valence-electron chi connectivity index (χ4n) is 2.64. The van der Waals surface area contributed by atoms with Crippen molar-refractivity contribution in [1.29, 1.82) is 0 Å². The van der Waals surface area contributed by atoms with Crippen LogP contribution in [0.5, 0.6) is 0 Å². The summed E-state index contributed by atoms with van der Waals surface area (Å²) in [7, 11) is 1.80. The zero-order chi connectivity index (χ0) is 12.5. The number of ether oxygens (including phenoxy) is 1. The van der Waals surface area contributed by atoms with Gasteiger partial charge in [0.1, 0.15) is 0 Å². The van der Waals surface area contributed by atoms with Crippen LogP contribution < -0.4 is 5.32 Å². The Balaban J connectivity index is 2.30. The summed E-state index contributed by atoms with van der Waals surface area (Å²) >= 11 is 0. The zero-order valence-electron chi connectivity index (χ0n) is 11.9. The first-order chi connectivity index (χ1) is 8.26. The molecule has 0 radical (unpaired) electrons. The molecule has 17 heavy (non-hydrogen) atoms. The molecule has 0 aromatic rings. The molecule has 2 unspecified atom stereocenters. The minimum absolute atomic E-state index is 0.637. The lowest BCUT2D eigenvalue weighted by Crippen LogP contribution is -2.40. The fraction of sp³-hybridized carbons (Fsp3) is 1.00. The average Bonchev–Trinajstić information content (AvgIpc) is 2.79. The Morgan fingerprint density at radius 1 is 1.47 bits per heavy atom. The van der Waals surface area contributed by atoms with Gasteiger partial charge in [0.15, 0.2) is 0 Å². The normalized spacial score (nSPS) is 22.2. The van der Waals surface area contributed by atoms with Crippen LogP contribution in [-0.4, -0.2) is 50.8 Å². The molecule has 1 saturated heterocycles. The van der Waals surface area contributed by atoms with Crippen molar-refractivity contribution in [2.24, 2.45) is 5.92 Å². The zero-order valence-corrected chi connectivity index (χ0v) is 11.9. The SMILES string of the molecule is CCCCN(CC(C)COC)CC1CCCN1. The summed E-state index contributed by atoms with van der Waals surface area (Å²) in [5.41, 5.74) is 0. The molecule has 1 N–H and O–H groups in total. The van der Waals surface area contributed by atoms with Crippen molar-refractivity contribution in [3.8, 4) is 0 Å². The van der Waals surface area contributed by atoms with E-state index < -0.39 is 0 Å². The third-order valence-electron chi connectivity index (χ3n) is 3.49. The van der Waals surface area contributed by atoms with Crippen LogP contribution in [0.2, 0.25) is 0 Å². The van der Waals surface area contributed by atoms with Crippen LogP contribution in [0.15, 0.2) is 0 Å². The number of hydrogen-bond acceptors (Lipinski definition) is 3. The summed E-state index contributed by atoms with van der Waals surface area (Å²) < 4.78 is 5.24. The lowest BCUT2D eigenvalue weighted by molar-refractivity contribution is 0.124. The maximum atomic E-state index is 5.24. The van der Waals surface area contributed by atoms with Gasteiger partial charge < -0.3 is 15.0 Å². The summed E-state index contributed by atoms with van der Waals surface area (Å²) in [6, 6.07) is 0.724. The van der Waals surface area contributed by atoms with E-state index in [-0.39, 0.29) is 0 Å². The highest BCUT2D eigenvalue weighted by Crippen LogP contribution is 2.10. The predicted molar refractivity (Wildman–Crippen MR) is 73.4 cm³/mol. The topological polar surface area (TPSA) is 24.5 Å². The second kappa shape index (κ2) is 8.90. The molecule has 0 aliphatic carbocycles. The Kier molecular flexibility index (Phi) is 7.82. The van der Waals surface area contributed by atoms with Crippen LogP contribution in [0.1, 0.15) is 39.5 Å². The van der Waals surface area contributed by atoms with Gasteiger partial charge in [0.25, 0.3) is 0 Å². The first-order valence-corrected chi connectivity index (χ1v) is 7.21. The van der Waals surface area contributed by atoms with E-state index in [0.717, 1.165) is 12.6 Å².